The Bertz CT molecular complexity index is 342. The van der Waals surface area contributed by atoms with Gasteiger partial charge in [-0.25, -0.2) is 0 Å². The van der Waals surface area contributed by atoms with Gasteiger partial charge >= 0.3 is 0 Å². The van der Waals surface area contributed by atoms with Gasteiger partial charge < -0.3 is 10.2 Å². The molecule has 1 saturated heterocycles. The number of rotatable bonds is 4. The highest BCUT2D eigenvalue weighted by Crippen LogP contribution is 2.12. The smallest absolute Gasteiger partial charge is 0.220 e. The van der Waals surface area contributed by atoms with Crippen LogP contribution in [0.25, 0.3) is 0 Å². The van der Waals surface area contributed by atoms with Crippen molar-refractivity contribution in [1.29, 1.82) is 0 Å². The Morgan fingerprint density at radius 2 is 2.29 bits per heavy atom. The zero-order valence-electron chi connectivity index (χ0n) is 10.3. The molecule has 1 fully saturated rings. The summed E-state index contributed by atoms with van der Waals surface area (Å²) in [6.07, 6.45) is 3.66. The van der Waals surface area contributed by atoms with E-state index >= 15 is 0 Å². The molecule has 0 bridgehead atoms. The van der Waals surface area contributed by atoms with Gasteiger partial charge in [0.1, 0.15) is 0 Å². The van der Waals surface area contributed by atoms with E-state index in [0.717, 1.165) is 32.4 Å². The summed E-state index contributed by atoms with van der Waals surface area (Å²) < 4.78 is 0. The van der Waals surface area contributed by atoms with Gasteiger partial charge in [0.15, 0.2) is 0 Å². The summed E-state index contributed by atoms with van der Waals surface area (Å²) in [6.45, 7) is 2.19. The molecule has 1 aromatic heterocycles. The number of likely N-dealkylation sites (tertiary alicyclic amines) is 1. The van der Waals surface area contributed by atoms with Crippen LogP contribution in [0.2, 0.25) is 0 Å². The van der Waals surface area contributed by atoms with Crippen molar-refractivity contribution in [2.45, 2.75) is 31.7 Å². The van der Waals surface area contributed by atoms with E-state index < -0.39 is 0 Å². The molecule has 0 spiro atoms. The van der Waals surface area contributed by atoms with Gasteiger partial charge in [-0.2, -0.15) is 0 Å². The number of thiophene rings is 1. The van der Waals surface area contributed by atoms with Gasteiger partial charge in [-0.1, -0.05) is 6.07 Å². The molecule has 2 rings (SSSR count). The predicted octanol–water partition coefficient (Wildman–Crippen LogP) is 1.89. The fourth-order valence-corrected chi connectivity index (χ4v) is 2.85. The highest BCUT2D eigenvalue weighted by molar-refractivity contribution is 7.09. The van der Waals surface area contributed by atoms with Crippen molar-refractivity contribution >= 4 is 17.2 Å². The lowest BCUT2D eigenvalue weighted by Crippen LogP contribution is -2.43. The summed E-state index contributed by atoms with van der Waals surface area (Å²) in [7, 11) is 2.13. The first-order chi connectivity index (χ1) is 8.24. The molecule has 0 aliphatic carbocycles. The molecule has 3 nitrogen and oxygen atoms in total. The van der Waals surface area contributed by atoms with Crippen LogP contribution in [-0.2, 0) is 11.2 Å². The third-order valence-corrected chi connectivity index (χ3v) is 4.20. The number of nitrogens with one attached hydrogen (secondary N) is 1. The second-order valence-electron chi connectivity index (χ2n) is 4.72. The number of carbonyl (C=O) groups is 1. The first-order valence-electron chi connectivity index (χ1n) is 6.24. The molecule has 0 saturated carbocycles. The minimum absolute atomic E-state index is 0.202. The van der Waals surface area contributed by atoms with Crippen LogP contribution in [0.15, 0.2) is 17.5 Å². The number of hydrogen-bond acceptors (Lipinski definition) is 3. The van der Waals surface area contributed by atoms with Gasteiger partial charge in [-0.15, -0.1) is 11.3 Å². The largest absolute Gasteiger partial charge is 0.353 e. The lowest BCUT2D eigenvalue weighted by atomic mass is 10.1. The highest BCUT2D eigenvalue weighted by atomic mass is 32.1. The topological polar surface area (TPSA) is 32.3 Å². The standard InChI is InChI=1S/C13H20N2OS/c1-15-8-6-11(7-9-15)14-13(16)5-4-12-3-2-10-17-12/h2-3,10-11H,4-9H2,1H3,(H,14,16). The van der Waals surface area contributed by atoms with Crippen molar-refractivity contribution in [1.82, 2.24) is 10.2 Å². The average molecular weight is 252 g/mol. The average Bonchev–Trinajstić information content (AvgIpc) is 2.83. The molecule has 0 aromatic carbocycles. The van der Waals surface area contributed by atoms with Crippen molar-refractivity contribution in [3.63, 3.8) is 0 Å². The molecule has 1 amide bonds. The lowest BCUT2D eigenvalue weighted by Gasteiger charge is -2.29. The van der Waals surface area contributed by atoms with Crippen LogP contribution in [0.4, 0.5) is 0 Å². The van der Waals surface area contributed by atoms with Crippen LogP contribution < -0.4 is 5.32 Å². The molecule has 4 heteroatoms. The number of aryl methyl sites for hydroxylation is 1. The number of amides is 1. The molecule has 1 N–H and O–H groups in total. The quantitative estimate of drug-likeness (QED) is 0.887. The van der Waals surface area contributed by atoms with E-state index in [0.29, 0.717) is 12.5 Å². The summed E-state index contributed by atoms with van der Waals surface area (Å²) in [5, 5.41) is 5.20. The Morgan fingerprint density at radius 3 is 2.94 bits per heavy atom. The highest BCUT2D eigenvalue weighted by Gasteiger charge is 2.18. The first-order valence-corrected chi connectivity index (χ1v) is 7.12. The van der Waals surface area contributed by atoms with Gasteiger partial charge in [0, 0.05) is 17.3 Å². The molecule has 0 atom stereocenters. The van der Waals surface area contributed by atoms with Gasteiger partial charge in [0.25, 0.3) is 0 Å². The van der Waals surface area contributed by atoms with Gasteiger partial charge in [0.05, 0.1) is 0 Å². The van der Waals surface area contributed by atoms with Crippen LogP contribution in [0, 0.1) is 0 Å². The molecule has 1 aliphatic rings. The summed E-state index contributed by atoms with van der Waals surface area (Å²) >= 11 is 1.72. The number of carbonyl (C=O) groups excluding carboxylic acids is 1. The SMILES string of the molecule is CN1CCC(NC(=O)CCc2cccs2)CC1. The lowest BCUT2D eigenvalue weighted by molar-refractivity contribution is -0.122. The summed E-state index contributed by atoms with van der Waals surface area (Å²) in [5.41, 5.74) is 0. The van der Waals surface area contributed by atoms with Crippen molar-refractivity contribution < 1.29 is 4.79 Å². The summed E-state index contributed by atoms with van der Waals surface area (Å²) in [6, 6.07) is 4.52. The van der Waals surface area contributed by atoms with E-state index in [1.54, 1.807) is 11.3 Å². The minimum Gasteiger partial charge on any atom is -0.353 e. The Morgan fingerprint density at radius 1 is 1.53 bits per heavy atom. The van der Waals surface area contributed by atoms with Gasteiger partial charge in [-0.05, 0) is 50.8 Å². The maximum absolute atomic E-state index is 11.8. The van der Waals surface area contributed by atoms with E-state index in [1.165, 1.54) is 4.88 Å². The summed E-state index contributed by atoms with van der Waals surface area (Å²) in [5.74, 6) is 0.202. The van der Waals surface area contributed by atoms with E-state index in [9.17, 15) is 4.79 Å². The third-order valence-electron chi connectivity index (χ3n) is 3.26. The second kappa shape index (κ2) is 6.17. The monoisotopic (exact) mass is 252 g/mol. The zero-order chi connectivity index (χ0) is 12.1. The Hall–Kier alpha value is -0.870. The van der Waals surface area contributed by atoms with E-state index in [-0.39, 0.29) is 5.91 Å². The van der Waals surface area contributed by atoms with Crippen molar-refractivity contribution in [2.24, 2.45) is 0 Å². The molecule has 0 radical (unpaired) electrons. The van der Waals surface area contributed by atoms with Crippen LogP contribution in [0.1, 0.15) is 24.1 Å². The molecule has 0 unspecified atom stereocenters. The van der Waals surface area contributed by atoms with Crippen LogP contribution in [-0.4, -0.2) is 37.0 Å². The number of hydrogen-bond donors (Lipinski definition) is 1. The molecule has 94 valence electrons. The van der Waals surface area contributed by atoms with Gasteiger partial charge in [-0.3, -0.25) is 4.79 Å². The third kappa shape index (κ3) is 4.13. The molecule has 17 heavy (non-hydrogen) atoms. The Balaban J connectivity index is 1.67. The zero-order valence-corrected chi connectivity index (χ0v) is 11.1. The number of piperidine rings is 1. The van der Waals surface area contributed by atoms with Crippen LogP contribution >= 0.6 is 11.3 Å². The van der Waals surface area contributed by atoms with Crippen LogP contribution in [0.5, 0.6) is 0 Å². The Labute approximate surface area is 107 Å². The fourth-order valence-electron chi connectivity index (χ4n) is 2.14. The van der Waals surface area contributed by atoms with Crippen molar-refractivity contribution in [3.8, 4) is 0 Å². The maximum Gasteiger partial charge on any atom is 0.220 e. The second-order valence-corrected chi connectivity index (χ2v) is 5.76. The maximum atomic E-state index is 11.8. The minimum atomic E-state index is 0.202. The van der Waals surface area contributed by atoms with Gasteiger partial charge in [0.2, 0.25) is 5.91 Å². The molecule has 1 aliphatic heterocycles. The first kappa shape index (κ1) is 12.6. The Kier molecular flexibility index (Phi) is 4.57. The fraction of sp³-hybridized carbons (Fsp3) is 0.615. The van der Waals surface area contributed by atoms with Crippen molar-refractivity contribution in [3.05, 3.63) is 22.4 Å². The summed E-state index contributed by atoms with van der Waals surface area (Å²) in [4.78, 5) is 15.4. The predicted molar refractivity (Wildman–Crippen MR) is 71.3 cm³/mol. The molecule has 2 heterocycles. The van der Waals surface area contributed by atoms with E-state index in [4.69, 9.17) is 0 Å². The van der Waals surface area contributed by atoms with E-state index in [1.807, 2.05) is 6.07 Å². The molecular weight excluding hydrogens is 232 g/mol. The van der Waals surface area contributed by atoms with Crippen LogP contribution in [0.3, 0.4) is 0 Å². The molecule has 1 aromatic rings. The molecular formula is C13H20N2OS. The van der Waals surface area contributed by atoms with Crippen molar-refractivity contribution in [2.75, 3.05) is 20.1 Å². The number of nitrogens with zero attached hydrogens (tertiary/aromatic N) is 1. The van der Waals surface area contributed by atoms with E-state index in [2.05, 4.69) is 28.7 Å². The normalized spacial score (nSPS) is 18.2.